The van der Waals surface area contributed by atoms with Crippen molar-refractivity contribution in [1.29, 1.82) is 0 Å². The Labute approximate surface area is 207 Å². The Morgan fingerprint density at radius 1 is 1.18 bits per heavy atom. The van der Waals surface area contributed by atoms with Gasteiger partial charge < -0.3 is 14.6 Å². The summed E-state index contributed by atoms with van der Waals surface area (Å²) >= 11 is 0. The molecule has 1 spiro atoms. The van der Waals surface area contributed by atoms with Crippen LogP contribution in [0.4, 0.5) is 0 Å². The zero-order chi connectivity index (χ0) is 22.6. The second kappa shape index (κ2) is 8.85. The number of rotatable bonds is 7. The normalized spacial score (nSPS) is 30.9. The van der Waals surface area contributed by atoms with E-state index in [1.165, 1.54) is 11.1 Å². The predicted molar refractivity (Wildman–Crippen MR) is 133 cm³/mol. The van der Waals surface area contributed by atoms with E-state index in [0.29, 0.717) is 18.8 Å². The van der Waals surface area contributed by atoms with Gasteiger partial charge in [-0.2, -0.15) is 0 Å². The van der Waals surface area contributed by atoms with E-state index in [9.17, 15) is 9.90 Å². The van der Waals surface area contributed by atoms with Crippen molar-refractivity contribution in [3.05, 3.63) is 59.2 Å². The number of hydrogen-bond acceptors (Lipinski definition) is 5. The van der Waals surface area contributed by atoms with Gasteiger partial charge in [0.25, 0.3) is 0 Å². The van der Waals surface area contributed by atoms with Crippen LogP contribution in [0.1, 0.15) is 55.7 Å². The first-order chi connectivity index (χ1) is 16.1. The van der Waals surface area contributed by atoms with Crippen molar-refractivity contribution in [2.75, 3.05) is 19.7 Å². The first-order valence-corrected chi connectivity index (χ1v) is 12.6. The highest BCUT2D eigenvalue weighted by atomic mass is 35.5. The molecule has 1 N–H and O–H groups in total. The summed E-state index contributed by atoms with van der Waals surface area (Å²) < 4.78 is 13.3. The molecule has 182 valence electrons. The summed E-state index contributed by atoms with van der Waals surface area (Å²) in [5.41, 5.74) is 2.66. The Bertz CT molecular complexity index is 1080. The van der Waals surface area contributed by atoms with Crippen molar-refractivity contribution >= 4 is 18.2 Å². The van der Waals surface area contributed by atoms with Crippen LogP contribution < -0.4 is 4.74 Å². The maximum Gasteiger partial charge on any atom is 0.174 e. The topological polar surface area (TPSA) is 59.0 Å². The molecule has 1 saturated heterocycles. The van der Waals surface area contributed by atoms with Crippen LogP contribution in [0.5, 0.6) is 11.5 Å². The number of Topliss-reactive ketones (excluding diaryl/α,β-unsaturated/α-hetero) is 1. The van der Waals surface area contributed by atoms with Gasteiger partial charge in [0.1, 0.15) is 0 Å². The maximum atomic E-state index is 13.2. The first-order valence-electron chi connectivity index (χ1n) is 12.6. The van der Waals surface area contributed by atoms with Crippen LogP contribution in [0.3, 0.4) is 0 Å². The Morgan fingerprint density at radius 2 is 2.00 bits per heavy atom. The molecule has 5 nitrogen and oxygen atoms in total. The lowest BCUT2D eigenvalue weighted by Crippen LogP contribution is -2.77. The summed E-state index contributed by atoms with van der Waals surface area (Å²) in [5, 5.41) is 10.7. The molecule has 2 fully saturated rings. The van der Waals surface area contributed by atoms with E-state index in [0.717, 1.165) is 57.2 Å². The Morgan fingerprint density at radius 3 is 2.79 bits per heavy atom. The molecule has 2 aromatic rings. The number of benzene rings is 2. The number of aromatic hydroxyl groups is 1. The molecular weight excluding hydrogens is 450 g/mol. The molecule has 4 atom stereocenters. The van der Waals surface area contributed by atoms with Crippen molar-refractivity contribution < 1.29 is 19.4 Å². The van der Waals surface area contributed by atoms with E-state index in [2.05, 4.69) is 36.1 Å². The smallest absolute Gasteiger partial charge is 0.174 e. The van der Waals surface area contributed by atoms with Crippen molar-refractivity contribution in [3.8, 4) is 11.5 Å². The van der Waals surface area contributed by atoms with Gasteiger partial charge in [-0.15, -0.1) is 12.4 Å². The van der Waals surface area contributed by atoms with Crippen molar-refractivity contribution in [3.63, 3.8) is 0 Å². The largest absolute Gasteiger partial charge is 0.504 e. The summed E-state index contributed by atoms with van der Waals surface area (Å²) in [6.45, 7) is 4.87. The number of carbonyl (C=O) groups is 1. The molecule has 2 aliphatic carbocycles. The number of likely N-dealkylation sites (tertiary alicyclic amines) is 1. The molecule has 0 aromatic heterocycles. The molecule has 0 radical (unpaired) electrons. The summed E-state index contributed by atoms with van der Waals surface area (Å²) in [4.78, 5) is 15.8. The van der Waals surface area contributed by atoms with Crippen LogP contribution in [-0.2, 0) is 27.8 Å². The lowest BCUT2D eigenvalue weighted by Gasteiger charge is -2.64. The van der Waals surface area contributed by atoms with E-state index in [-0.39, 0.29) is 30.0 Å². The molecular formula is C28H34ClNO4. The number of ether oxygens (including phenoxy) is 2. The molecule has 0 amide bonds. The van der Waals surface area contributed by atoms with Gasteiger partial charge in [-0.05, 0) is 68.8 Å². The summed E-state index contributed by atoms with van der Waals surface area (Å²) in [6.07, 6.45) is 5.41. The average Bonchev–Trinajstić information content (AvgIpc) is 3.19. The number of aryl methyl sites for hydroxylation is 1. The average molecular weight is 484 g/mol. The van der Waals surface area contributed by atoms with Gasteiger partial charge >= 0.3 is 0 Å². The Balaban J connectivity index is 0.00000241. The standard InChI is InChI=1S/C28H33NO4.ClH/c1-2-15-29-16-14-27-24-20-10-11-21(30)25(24)33-26(27)22(31)12-13-28(27,23(29)18-20)32-17-6-9-19-7-4-3-5-8-19;/h3-5,7-8,10-11,23,26,30H,2,6,9,12-18H2,1H3;1H/t23-,26+,27+,28-;/m1./s1. The minimum Gasteiger partial charge on any atom is -0.504 e. The summed E-state index contributed by atoms with van der Waals surface area (Å²) in [7, 11) is 0. The fourth-order valence-corrected chi connectivity index (χ4v) is 7.41. The van der Waals surface area contributed by atoms with Crippen LogP contribution in [0.15, 0.2) is 42.5 Å². The van der Waals surface area contributed by atoms with Crippen molar-refractivity contribution in [2.24, 2.45) is 0 Å². The number of hydrogen-bond donors (Lipinski definition) is 1. The molecule has 1 saturated carbocycles. The number of nitrogens with zero attached hydrogens (tertiary/aromatic N) is 1. The van der Waals surface area contributed by atoms with Crippen LogP contribution in [0, 0.1) is 0 Å². The number of phenols is 1. The minimum atomic E-state index is -0.547. The molecule has 6 rings (SSSR count). The van der Waals surface area contributed by atoms with Gasteiger partial charge in [0, 0.05) is 24.6 Å². The van der Waals surface area contributed by atoms with Crippen molar-refractivity contribution in [2.45, 2.75) is 75.0 Å². The lowest BCUT2D eigenvalue weighted by molar-refractivity contribution is -0.213. The van der Waals surface area contributed by atoms with Gasteiger partial charge in [0.05, 0.1) is 11.0 Å². The van der Waals surface area contributed by atoms with Gasteiger partial charge in [0.15, 0.2) is 23.4 Å². The Hall–Kier alpha value is -2.08. The van der Waals surface area contributed by atoms with Crippen molar-refractivity contribution in [1.82, 2.24) is 4.90 Å². The molecule has 2 heterocycles. The van der Waals surface area contributed by atoms with Crippen LogP contribution in [0.25, 0.3) is 0 Å². The lowest BCUT2D eigenvalue weighted by atomic mass is 9.48. The predicted octanol–water partition coefficient (Wildman–Crippen LogP) is 4.60. The van der Waals surface area contributed by atoms with E-state index in [1.54, 1.807) is 6.07 Å². The fraction of sp³-hybridized carbons (Fsp3) is 0.536. The summed E-state index contributed by atoms with van der Waals surface area (Å²) in [6, 6.07) is 14.6. The zero-order valence-electron chi connectivity index (χ0n) is 19.8. The molecule has 34 heavy (non-hydrogen) atoms. The number of carbonyl (C=O) groups excluding carboxylic acids is 1. The van der Waals surface area contributed by atoms with Crippen LogP contribution in [0.2, 0.25) is 0 Å². The van der Waals surface area contributed by atoms with E-state index >= 15 is 0 Å². The Kier molecular flexibility index (Phi) is 6.16. The molecule has 4 aliphatic rings. The monoisotopic (exact) mass is 483 g/mol. The first kappa shape index (κ1) is 23.7. The van der Waals surface area contributed by atoms with E-state index < -0.39 is 17.1 Å². The number of phenolic OH excluding ortho intramolecular Hbond substituents is 1. The maximum absolute atomic E-state index is 13.2. The van der Waals surface area contributed by atoms with Crippen LogP contribution in [-0.4, -0.2) is 53.2 Å². The highest BCUT2D eigenvalue weighted by Crippen LogP contribution is 2.66. The van der Waals surface area contributed by atoms with E-state index in [4.69, 9.17) is 9.47 Å². The quantitative estimate of drug-likeness (QED) is 0.583. The zero-order valence-corrected chi connectivity index (χ0v) is 20.6. The molecule has 0 unspecified atom stereocenters. The van der Waals surface area contributed by atoms with Gasteiger partial charge in [-0.1, -0.05) is 43.3 Å². The third kappa shape index (κ3) is 3.16. The number of ketones is 1. The van der Waals surface area contributed by atoms with Gasteiger partial charge in [0.2, 0.25) is 0 Å². The SMILES string of the molecule is CCCN1CC[C@]23c4c5ccc(O)c4O[C@H]2C(=O)CC[C@@]3(OCCCc2ccccc2)[C@H]1C5.Cl. The molecule has 2 aliphatic heterocycles. The molecule has 6 heteroatoms. The fourth-order valence-electron chi connectivity index (χ4n) is 7.41. The van der Waals surface area contributed by atoms with Gasteiger partial charge in [-0.3, -0.25) is 9.69 Å². The van der Waals surface area contributed by atoms with Crippen LogP contribution >= 0.6 is 12.4 Å². The molecule has 2 aromatic carbocycles. The third-order valence-corrected chi connectivity index (χ3v) is 8.65. The third-order valence-electron chi connectivity index (χ3n) is 8.65. The highest BCUT2D eigenvalue weighted by Gasteiger charge is 2.74. The number of halogens is 1. The second-order valence-electron chi connectivity index (χ2n) is 10.2. The summed E-state index contributed by atoms with van der Waals surface area (Å²) in [5.74, 6) is 0.842. The highest BCUT2D eigenvalue weighted by molar-refractivity contribution is 5.90. The molecule has 2 bridgehead atoms. The minimum absolute atomic E-state index is 0. The number of piperidine rings is 1. The van der Waals surface area contributed by atoms with E-state index in [1.807, 2.05) is 12.1 Å². The second-order valence-corrected chi connectivity index (χ2v) is 10.2. The van der Waals surface area contributed by atoms with Gasteiger partial charge in [-0.25, -0.2) is 0 Å².